The largest absolute Gasteiger partial charge is 0.311 e. The van der Waals surface area contributed by atoms with Crippen molar-refractivity contribution in [1.82, 2.24) is 0 Å². The van der Waals surface area contributed by atoms with Gasteiger partial charge in [-0.25, -0.2) is 0 Å². The van der Waals surface area contributed by atoms with Gasteiger partial charge in [0.05, 0.1) is 0 Å². The van der Waals surface area contributed by atoms with Gasteiger partial charge in [-0.3, -0.25) is 0 Å². The van der Waals surface area contributed by atoms with Crippen molar-refractivity contribution in [1.29, 1.82) is 0 Å². The van der Waals surface area contributed by atoms with Crippen LogP contribution in [-0.4, -0.2) is 0 Å². The zero-order valence-electron chi connectivity index (χ0n) is 34.6. The number of hydrogen-bond donors (Lipinski definition) is 0. The molecular formula is C57H50N2. The quantitative estimate of drug-likeness (QED) is 0.135. The van der Waals surface area contributed by atoms with E-state index in [1.165, 1.54) is 44.5 Å². The molecule has 0 aliphatic heterocycles. The number of fused-ring (bicyclic) bond motifs is 3. The van der Waals surface area contributed by atoms with Gasteiger partial charge in [-0.15, -0.1) is 0 Å². The Labute approximate surface area is 350 Å². The Bertz CT molecular complexity index is 2680. The fourth-order valence-electron chi connectivity index (χ4n) is 8.51. The van der Waals surface area contributed by atoms with E-state index in [1.54, 1.807) is 0 Å². The van der Waals surface area contributed by atoms with Gasteiger partial charge in [0.25, 0.3) is 0 Å². The van der Waals surface area contributed by atoms with E-state index in [0.29, 0.717) is 0 Å². The van der Waals surface area contributed by atoms with E-state index < -0.39 is 0 Å². The molecule has 8 aromatic carbocycles. The first-order chi connectivity index (χ1) is 28.6. The van der Waals surface area contributed by atoms with Gasteiger partial charge in [0.1, 0.15) is 0 Å². The van der Waals surface area contributed by atoms with Crippen LogP contribution < -0.4 is 9.80 Å². The number of rotatable bonds is 9. The maximum Gasteiger partial charge on any atom is 0.0465 e. The van der Waals surface area contributed by atoms with Crippen LogP contribution in [0.1, 0.15) is 62.4 Å². The fraction of sp³-hybridized carbons (Fsp3) is 0.123. The van der Waals surface area contributed by atoms with Crippen molar-refractivity contribution in [2.24, 2.45) is 0 Å². The van der Waals surface area contributed by atoms with Crippen LogP contribution >= 0.6 is 0 Å². The summed E-state index contributed by atoms with van der Waals surface area (Å²) in [5, 5.41) is 0. The van der Waals surface area contributed by atoms with Crippen LogP contribution in [0.4, 0.5) is 34.1 Å². The summed E-state index contributed by atoms with van der Waals surface area (Å²) < 4.78 is 0. The average Bonchev–Trinajstić information content (AvgIpc) is 3.49. The Balaban J connectivity index is 1.01. The van der Waals surface area contributed by atoms with Gasteiger partial charge in [-0.05, 0) is 128 Å². The number of hydrogen-bond acceptors (Lipinski definition) is 2. The standard InChI is InChI=1S/C57H50N2/c1-56(2,3)45-28-34-50(35-29-45)59(49-32-26-44(27-33-49)43-15-9-6-10-16-43)51-36-38-53-52-37-25-42(39-54(52)57(4,5)55(53)40-51)22-21-41-23-30-48(31-24-41)58(46-17-11-7-12-18-46)47-19-13-8-14-20-47/h6-40H,1-5H3/b22-21+. The highest BCUT2D eigenvalue weighted by molar-refractivity contribution is 5.87. The molecule has 0 amide bonds. The van der Waals surface area contributed by atoms with Crippen molar-refractivity contribution in [3.05, 3.63) is 228 Å². The second-order valence-electron chi connectivity index (χ2n) is 17.1. The molecule has 2 heteroatoms. The molecule has 0 bridgehead atoms. The molecule has 59 heavy (non-hydrogen) atoms. The number of para-hydroxylation sites is 2. The molecule has 0 radical (unpaired) electrons. The Hall–Kier alpha value is -6.90. The molecule has 0 saturated heterocycles. The SMILES string of the molecule is CC(C)(C)c1ccc(N(c2ccc(-c3ccccc3)cc2)c2ccc3c(c2)C(C)(C)c2cc(/C=C/c4ccc(N(c5ccccc5)c5ccccc5)cc4)ccc2-3)cc1. The smallest absolute Gasteiger partial charge is 0.0465 e. The highest BCUT2D eigenvalue weighted by Gasteiger charge is 2.36. The van der Waals surface area contributed by atoms with Crippen LogP contribution in [0.2, 0.25) is 0 Å². The van der Waals surface area contributed by atoms with Crippen LogP contribution in [-0.2, 0) is 10.8 Å². The third-order valence-corrected chi connectivity index (χ3v) is 11.8. The van der Waals surface area contributed by atoms with Crippen LogP contribution in [0.15, 0.2) is 200 Å². The summed E-state index contributed by atoms with van der Waals surface area (Å²) in [5.74, 6) is 0. The molecule has 9 rings (SSSR count). The fourth-order valence-corrected chi connectivity index (χ4v) is 8.51. The molecule has 1 aliphatic carbocycles. The lowest BCUT2D eigenvalue weighted by Crippen LogP contribution is -2.17. The van der Waals surface area contributed by atoms with Gasteiger partial charge in [-0.2, -0.15) is 0 Å². The first kappa shape index (κ1) is 37.7. The lowest BCUT2D eigenvalue weighted by molar-refractivity contribution is 0.590. The normalized spacial score (nSPS) is 12.9. The van der Waals surface area contributed by atoms with Gasteiger partial charge in [0.15, 0.2) is 0 Å². The molecule has 1 aliphatic rings. The maximum atomic E-state index is 2.42. The Morgan fingerprint density at radius 1 is 0.373 bits per heavy atom. The molecule has 0 fully saturated rings. The van der Waals surface area contributed by atoms with E-state index in [4.69, 9.17) is 0 Å². The lowest BCUT2D eigenvalue weighted by atomic mass is 9.81. The van der Waals surface area contributed by atoms with Crippen molar-refractivity contribution in [2.75, 3.05) is 9.80 Å². The maximum absolute atomic E-state index is 2.42. The van der Waals surface area contributed by atoms with Gasteiger partial charge in [0.2, 0.25) is 0 Å². The molecule has 0 N–H and O–H groups in total. The molecule has 0 atom stereocenters. The lowest BCUT2D eigenvalue weighted by Gasteiger charge is -2.29. The Morgan fingerprint density at radius 2 is 0.763 bits per heavy atom. The number of anilines is 6. The molecule has 2 nitrogen and oxygen atoms in total. The summed E-state index contributed by atoms with van der Waals surface area (Å²) in [4.78, 5) is 4.70. The molecule has 0 unspecified atom stereocenters. The van der Waals surface area contributed by atoms with Gasteiger partial charge >= 0.3 is 0 Å². The van der Waals surface area contributed by atoms with E-state index in [1.807, 2.05) is 0 Å². The van der Waals surface area contributed by atoms with E-state index >= 15 is 0 Å². The highest BCUT2D eigenvalue weighted by Crippen LogP contribution is 2.51. The summed E-state index contributed by atoms with van der Waals surface area (Å²) >= 11 is 0. The first-order valence-corrected chi connectivity index (χ1v) is 20.7. The monoisotopic (exact) mass is 762 g/mol. The summed E-state index contributed by atoms with van der Waals surface area (Å²) in [7, 11) is 0. The molecule has 0 spiro atoms. The predicted octanol–water partition coefficient (Wildman–Crippen LogP) is 16.1. The van der Waals surface area contributed by atoms with Crippen molar-refractivity contribution < 1.29 is 0 Å². The second kappa shape index (κ2) is 15.5. The van der Waals surface area contributed by atoms with E-state index in [0.717, 1.165) is 39.7 Å². The second-order valence-corrected chi connectivity index (χ2v) is 17.1. The molecule has 0 saturated carbocycles. The molecule has 0 heterocycles. The van der Waals surface area contributed by atoms with Crippen LogP contribution in [0.3, 0.4) is 0 Å². The van der Waals surface area contributed by atoms with Crippen molar-refractivity contribution in [3.63, 3.8) is 0 Å². The van der Waals surface area contributed by atoms with E-state index in [9.17, 15) is 0 Å². The molecular weight excluding hydrogens is 713 g/mol. The number of nitrogens with zero attached hydrogens (tertiary/aromatic N) is 2. The molecule has 288 valence electrons. The van der Waals surface area contributed by atoms with Crippen LogP contribution in [0.5, 0.6) is 0 Å². The third-order valence-electron chi connectivity index (χ3n) is 11.8. The van der Waals surface area contributed by atoms with Crippen LogP contribution in [0, 0.1) is 0 Å². The van der Waals surface area contributed by atoms with Crippen molar-refractivity contribution in [3.8, 4) is 22.3 Å². The summed E-state index contributed by atoms with van der Waals surface area (Å²) in [5.41, 5.74) is 18.2. The topological polar surface area (TPSA) is 6.48 Å². The predicted molar refractivity (Wildman–Crippen MR) is 253 cm³/mol. The Kier molecular flexibility index (Phi) is 9.87. The zero-order valence-corrected chi connectivity index (χ0v) is 34.6. The van der Waals surface area contributed by atoms with E-state index in [-0.39, 0.29) is 10.8 Å². The Morgan fingerprint density at radius 3 is 1.32 bits per heavy atom. The van der Waals surface area contributed by atoms with Crippen LogP contribution in [0.25, 0.3) is 34.4 Å². The van der Waals surface area contributed by atoms with Gasteiger partial charge in [0, 0.05) is 39.5 Å². The number of benzene rings is 8. The summed E-state index contributed by atoms with van der Waals surface area (Å²) in [6, 6.07) is 72.6. The highest BCUT2D eigenvalue weighted by atomic mass is 15.1. The summed E-state index contributed by atoms with van der Waals surface area (Å²) in [6.07, 6.45) is 4.47. The van der Waals surface area contributed by atoms with Gasteiger partial charge < -0.3 is 9.80 Å². The average molecular weight is 763 g/mol. The van der Waals surface area contributed by atoms with Crippen molar-refractivity contribution >= 4 is 46.3 Å². The minimum atomic E-state index is -0.177. The van der Waals surface area contributed by atoms with E-state index in [2.05, 4.69) is 257 Å². The molecule has 8 aromatic rings. The minimum Gasteiger partial charge on any atom is -0.311 e. The minimum absolute atomic E-state index is 0.0791. The zero-order chi connectivity index (χ0) is 40.6. The van der Waals surface area contributed by atoms with Gasteiger partial charge in [-0.1, -0.05) is 174 Å². The summed E-state index contributed by atoms with van der Waals surface area (Å²) in [6.45, 7) is 11.6. The third kappa shape index (κ3) is 7.51. The molecule has 0 aromatic heterocycles. The first-order valence-electron chi connectivity index (χ1n) is 20.7. The van der Waals surface area contributed by atoms with Crippen molar-refractivity contribution in [2.45, 2.75) is 45.4 Å².